The second-order valence-electron chi connectivity index (χ2n) is 16.6. The summed E-state index contributed by atoms with van der Waals surface area (Å²) in [7, 11) is 1.80. The topological polar surface area (TPSA) is 35.7 Å². The van der Waals surface area contributed by atoms with E-state index in [1.165, 1.54) is 56.2 Å². The van der Waals surface area contributed by atoms with E-state index in [9.17, 15) is 5.11 Å². The number of ether oxygens (including phenoxy) is 1. The first-order chi connectivity index (χ1) is 26.6. The Hall–Kier alpha value is -3.08. The first-order valence-corrected chi connectivity index (χ1v) is 22.4. The van der Waals surface area contributed by atoms with Crippen molar-refractivity contribution in [1.82, 2.24) is 0 Å². The van der Waals surface area contributed by atoms with Gasteiger partial charge in [0.1, 0.15) is 12.3 Å². The van der Waals surface area contributed by atoms with Crippen molar-refractivity contribution in [2.24, 2.45) is 0 Å². The summed E-state index contributed by atoms with van der Waals surface area (Å²) in [5, 5.41) is 11.3. The molecular weight excluding hydrogens is 696 g/mol. The van der Waals surface area contributed by atoms with E-state index in [4.69, 9.17) is 16.3 Å². The fourth-order valence-corrected chi connectivity index (χ4v) is 10.6. The number of aliphatic hydroxyl groups is 1. The van der Waals surface area contributed by atoms with Crippen LogP contribution in [0.3, 0.4) is 0 Å². The molecule has 0 fully saturated rings. The Balaban J connectivity index is 1.63. The maximum atomic E-state index is 10.3. The van der Waals surface area contributed by atoms with Gasteiger partial charge in [0.25, 0.3) is 0 Å². The molecule has 0 aromatic heterocycles. The van der Waals surface area contributed by atoms with Crippen LogP contribution < -0.4 is 9.64 Å². The average Bonchev–Trinajstić information content (AvgIpc) is 3.55. The summed E-state index contributed by atoms with van der Waals surface area (Å²) in [6.07, 6.45) is 26.2. The number of methoxy groups -OCH3 is 1. The van der Waals surface area contributed by atoms with Crippen LogP contribution >= 0.6 is 11.6 Å². The molecule has 300 valence electrons. The first kappa shape index (κ1) is 43.1. The van der Waals surface area contributed by atoms with E-state index in [0.29, 0.717) is 0 Å². The fourth-order valence-electron chi connectivity index (χ4n) is 10.3. The number of aliphatic hydroxyl groups excluding tert-OH is 1. The molecule has 1 N–H and O–H groups in total. The van der Waals surface area contributed by atoms with Gasteiger partial charge in [-0.3, -0.25) is 0 Å². The molecule has 0 atom stereocenters. The number of benzene rings is 2. The number of anilines is 1. The van der Waals surface area contributed by atoms with Crippen LogP contribution in [0.4, 0.5) is 11.4 Å². The zero-order valence-corrected chi connectivity index (χ0v) is 36.7. The third-order valence-corrected chi connectivity index (χ3v) is 13.3. The molecule has 5 heteroatoms. The van der Waals surface area contributed by atoms with Crippen molar-refractivity contribution in [3.05, 3.63) is 98.3 Å². The van der Waals surface area contributed by atoms with Gasteiger partial charge < -0.3 is 14.7 Å². The molecule has 0 amide bonds. The number of hydrogen-bond donors (Lipinski definition) is 1. The molecule has 5 rings (SSSR count). The highest BCUT2D eigenvalue weighted by Crippen LogP contribution is 2.54. The molecular formula is C50H72ClN2O2+. The first-order valence-electron chi connectivity index (χ1n) is 22.0. The molecule has 4 nitrogen and oxygen atoms in total. The lowest BCUT2D eigenvalue weighted by Gasteiger charge is -2.34. The van der Waals surface area contributed by atoms with Crippen LogP contribution in [0.1, 0.15) is 166 Å². The Labute approximate surface area is 340 Å². The van der Waals surface area contributed by atoms with Crippen LogP contribution in [-0.2, 0) is 17.4 Å². The predicted octanol–water partition coefficient (Wildman–Crippen LogP) is 13.7. The lowest BCUT2D eigenvalue weighted by atomic mass is 9.70. The molecule has 0 bridgehead atoms. The van der Waals surface area contributed by atoms with Gasteiger partial charge in [0.15, 0.2) is 5.71 Å². The van der Waals surface area contributed by atoms with Crippen molar-refractivity contribution in [3.8, 4) is 5.75 Å². The molecule has 0 radical (unpaired) electrons. The second kappa shape index (κ2) is 19.4. The predicted molar refractivity (Wildman–Crippen MR) is 237 cm³/mol. The normalized spacial score (nSPS) is 19.1. The van der Waals surface area contributed by atoms with Gasteiger partial charge >= 0.3 is 0 Å². The van der Waals surface area contributed by atoms with Gasteiger partial charge in [0.2, 0.25) is 5.69 Å². The van der Waals surface area contributed by atoms with Gasteiger partial charge in [-0.25, -0.2) is 0 Å². The maximum Gasteiger partial charge on any atom is 0.210 e. The Morgan fingerprint density at radius 1 is 0.782 bits per heavy atom. The summed E-state index contributed by atoms with van der Waals surface area (Å²) < 4.78 is 8.56. The Bertz CT molecular complexity index is 1810. The molecule has 2 aromatic carbocycles. The number of hydrogen-bond acceptors (Lipinski definition) is 3. The SMILES string of the molecule is CCCCN1C(=CC=C2CCCC(C=CC3=[N+](CCCC)c4cc(C)c(OC)cc4C3(CCC)CCC)=C2Cl)C(CCC)(CCC)c2cc(CO)c(C)cc21. The van der Waals surface area contributed by atoms with E-state index < -0.39 is 0 Å². The standard InChI is InChI=1S/C50H72ClN2O2/c1-10-16-29-52-43-31-36(7)40(35-54)33-41(43)49(25-12-3,26-13-4)46(52)23-21-38-19-18-20-39(48(38)51)22-24-47-50(27-14-5,28-15-6)42-34-45(55-9)37(8)32-44(42)53(47)30-17-11-2/h21-24,31-34,54H,10-20,25-30,35H2,1-9H3/q+1. The van der Waals surface area contributed by atoms with Crippen LogP contribution in [0.15, 0.2) is 70.4 Å². The highest BCUT2D eigenvalue weighted by Gasteiger charge is 2.50. The van der Waals surface area contributed by atoms with Gasteiger partial charge in [0.05, 0.1) is 19.1 Å². The summed E-state index contributed by atoms with van der Waals surface area (Å²) >= 11 is 7.50. The molecule has 0 saturated carbocycles. The van der Waals surface area contributed by atoms with E-state index in [2.05, 4.69) is 113 Å². The quantitative estimate of drug-likeness (QED) is 0.145. The molecule has 55 heavy (non-hydrogen) atoms. The number of allylic oxidation sites excluding steroid dienone is 8. The van der Waals surface area contributed by atoms with Crippen molar-refractivity contribution >= 4 is 28.7 Å². The number of unbranched alkanes of at least 4 members (excludes halogenated alkanes) is 2. The van der Waals surface area contributed by atoms with Crippen molar-refractivity contribution in [3.63, 3.8) is 0 Å². The van der Waals surface area contributed by atoms with Crippen LogP contribution in [0.25, 0.3) is 0 Å². The zero-order valence-electron chi connectivity index (χ0n) is 36.0. The fraction of sp³-hybridized carbons (Fsp3) is 0.580. The summed E-state index contributed by atoms with van der Waals surface area (Å²) in [6.45, 7) is 20.3. The zero-order chi connectivity index (χ0) is 39.8. The van der Waals surface area contributed by atoms with Crippen molar-refractivity contribution in [2.45, 2.75) is 169 Å². The minimum Gasteiger partial charge on any atom is -0.496 e. The molecule has 0 unspecified atom stereocenters. The molecule has 3 aliphatic rings. The summed E-state index contributed by atoms with van der Waals surface area (Å²) in [5.41, 5.74) is 14.2. The van der Waals surface area contributed by atoms with E-state index in [0.717, 1.165) is 126 Å². The number of halogens is 1. The highest BCUT2D eigenvalue weighted by molar-refractivity contribution is 6.32. The van der Waals surface area contributed by atoms with Gasteiger partial charge in [-0.05, 0) is 117 Å². The van der Waals surface area contributed by atoms with Crippen molar-refractivity contribution in [1.29, 1.82) is 0 Å². The molecule has 2 aromatic rings. The number of nitrogens with zero attached hydrogens (tertiary/aromatic N) is 2. The number of rotatable bonds is 19. The number of aryl methyl sites for hydroxylation is 2. The van der Waals surface area contributed by atoms with E-state index in [-0.39, 0.29) is 17.4 Å². The van der Waals surface area contributed by atoms with Crippen LogP contribution in [0, 0.1) is 13.8 Å². The van der Waals surface area contributed by atoms with Crippen LogP contribution in [0.5, 0.6) is 5.75 Å². The highest BCUT2D eigenvalue weighted by atomic mass is 35.5. The van der Waals surface area contributed by atoms with Gasteiger partial charge in [0, 0.05) is 52.5 Å². The van der Waals surface area contributed by atoms with Crippen molar-refractivity contribution < 1.29 is 14.4 Å². The lowest BCUT2D eigenvalue weighted by molar-refractivity contribution is -0.438. The van der Waals surface area contributed by atoms with Crippen molar-refractivity contribution in [2.75, 3.05) is 25.1 Å². The Kier molecular flexibility index (Phi) is 15.2. The Morgan fingerprint density at radius 2 is 1.45 bits per heavy atom. The third kappa shape index (κ3) is 8.33. The minimum absolute atomic E-state index is 0.0512. The van der Waals surface area contributed by atoms with Crippen LogP contribution in [-0.4, -0.2) is 35.6 Å². The number of fused-ring (bicyclic) bond motifs is 2. The van der Waals surface area contributed by atoms with Gasteiger partial charge in [-0.15, -0.1) is 0 Å². The summed E-state index contributed by atoms with van der Waals surface area (Å²) in [4.78, 5) is 2.62. The second-order valence-corrected chi connectivity index (χ2v) is 17.0. The van der Waals surface area contributed by atoms with E-state index in [1.54, 1.807) is 7.11 Å². The average molecular weight is 769 g/mol. The smallest absolute Gasteiger partial charge is 0.210 e. The monoisotopic (exact) mass is 768 g/mol. The van der Waals surface area contributed by atoms with Gasteiger partial charge in [-0.2, -0.15) is 4.58 Å². The largest absolute Gasteiger partial charge is 0.496 e. The summed E-state index contributed by atoms with van der Waals surface area (Å²) in [6, 6.07) is 9.40. The molecule has 0 saturated heterocycles. The maximum absolute atomic E-state index is 10.3. The minimum atomic E-state index is -0.0756. The van der Waals surface area contributed by atoms with E-state index >= 15 is 0 Å². The third-order valence-electron chi connectivity index (χ3n) is 12.8. The molecule has 2 aliphatic heterocycles. The van der Waals surface area contributed by atoms with Crippen LogP contribution in [0.2, 0.25) is 0 Å². The molecule has 0 spiro atoms. The lowest BCUT2D eigenvalue weighted by Crippen LogP contribution is -2.34. The molecule has 1 aliphatic carbocycles. The van der Waals surface area contributed by atoms with E-state index in [1.807, 2.05) is 0 Å². The Morgan fingerprint density at radius 3 is 2.07 bits per heavy atom. The van der Waals surface area contributed by atoms with Gasteiger partial charge in [-0.1, -0.05) is 110 Å². The molecule has 2 heterocycles. The summed E-state index contributed by atoms with van der Waals surface area (Å²) in [5.74, 6) is 0.988.